The number of sulfonamides is 1. The molecule has 4 rings (SSSR count). The van der Waals surface area contributed by atoms with Crippen molar-refractivity contribution in [2.24, 2.45) is 0 Å². The number of rotatable bonds is 11. The van der Waals surface area contributed by atoms with Gasteiger partial charge < -0.3 is 10.2 Å². The van der Waals surface area contributed by atoms with E-state index in [1.165, 1.54) is 0 Å². The molecule has 9 heteroatoms. The van der Waals surface area contributed by atoms with E-state index in [0.29, 0.717) is 17.0 Å². The topological polar surface area (TPSA) is 95.6 Å². The lowest BCUT2D eigenvalue weighted by Crippen LogP contribution is -2.42. The van der Waals surface area contributed by atoms with Gasteiger partial charge in [0.1, 0.15) is 6.04 Å². The minimum Gasteiger partial charge on any atom is -0.357 e. The minimum absolute atomic E-state index is 0.0341. The van der Waals surface area contributed by atoms with Gasteiger partial charge in [0.25, 0.3) is 0 Å². The van der Waals surface area contributed by atoms with E-state index >= 15 is 0 Å². The molecule has 194 valence electrons. The van der Waals surface area contributed by atoms with Crippen LogP contribution in [0, 0.1) is 0 Å². The number of benzene rings is 3. The Kier molecular flexibility index (Phi) is 8.63. The molecule has 0 aliphatic heterocycles. The molecule has 1 aliphatic rings. The van der Waals surface area contributed by atoms with E-state index in [1.54, 1.807) is 48.3 Å². The van der Waals surface area contributed by atoms with E-state index in [0.717, 1.165) is 24.0 Å². The average molecular weight is 540 g/mol. The maximum atomic E-state index is 13.6. The first-order chi connectivity index (χ1) is 17.8. The van der Waals surface area contributed by atoms with E-state index in [9.17, 15) is 18.0 Å². The first-order valence-electron chi connectivity index (χ1n) is 12.2. The average Bonchev–Trinajstić information content (AvgIpc) is 3.72. The molecule has 7 nitrogen and oxygen atoms in total. The Bertz CT molecular complexity index is 1330. The fourth-order valence-corrected chi connectivity index (χ4v) is 5.50. The molecule has 0 heterocycles. The highest BCUT2D eigenvalue weighted by Gasteiger charge is 2.31. The molecule has 0 bridgehead atoms. The van der Waals surface area contributed by atoms with Crippen molar-refractivity contribution >= 4 is 33.4 Å². The van der Waals surface area contributed by atoms with Gasteiger partial charge in [-0.2, -0.15) is 0 Å². The van der Waals surface area contributed by atoms with Gasteiger partial charge in [-0.25, -0.2) is 13.1 Å². The molecule has 1 fully saturated rings. The quantitative estimate of drug-likeness (QED) is 0.381. The highest BCUT2D eigenvalue weighted by molar-refractivity contribution is 7.89. The zero-order valence-corrected chi connectivity index (χ0v) is 22.1. The molecule has 37 heavy (non-hydrogen) atoms. The van der Waals surface area contributed by atoms with Crippen LogP contribution in [0.1, 0.15) is 42.0 Å². The third kappa shape index (κ3) is 7.19. The van der Waals surface area contributed by atoms with Gasteiger partial charge in [0.2, 0.25) is 21.8 Å². The van der Waals surface area contributed by atoms with E-state index in [1.807, 2.05) is 42.5 Å². The molecular formula is C28H30ClN3O4S. The van der Waals surface area contributed by atoms with Gasteiger partial charge >= 0.3 is 0 Å². The van der Waals surface area contributed by atoms with Crippen molar-refractivity contribution in [3.8, 4) is 0 Å². The van der Waals surface area contributed by atoms with Crippen molar-refractivity contribution < 1.29 is 18.0 Å². The standard InChI is InChI=1S/C28H30ClN3O4S/c1-30-28(34)27(22-5-3-2-4-6-22)32(19-21-7-12-23(29)13-8-21)26(33)18-11-20-9-16-25(17-10-20)37(35,36)31-24-14-15-24/h2-10,12-13,16-17,24,27,31H,11,14-15,18-19H2,1H3,(H,30,34)/t27-/m0/s1. The molecular weight excluding hydrogens is 510 g/mol. The number of hydrogen-bond acceptors (Lipinski definition) is 4. The first kappa shape index (κ1) is 26.9. The van der Waals surface area contributed by atoms with Crippen molar-refractivity contribution in [3.05, 3.63) is 101 Å². The van der Waals surface area contributed by atoms with E-state index in [2.05, 4.69) is 10.0 Å². The number of likely N-dealkylation sites (N-methyl/N-ethyl adjacent to an activating group) is 1. The zero-order chi connectivity index (χ0) is 26.4. The van der Waals surface area contributed by atoms with Crippen molar-refractivity contribution in [2.75, 3.05) is 7.05 Å². The van der Waals surface area contributed by atoms with Gasteiger partial charge in [-0.05, 0) is 60.2 Å². The SMILES string of the molecule is CNC(=O)[C@H](c1ccccc1)N(Cc1ccc(Cl)cc1)C(=O)CCc1ccc(S(=O)(=O)NC2CC2)cc1. The fourth-order valence-electron chi connectivity index (χ4n) is 4.07. The van der Waals surface area contributed by atoms with Gasteiger partial charge in [0.05, 0.1) is 4.90 Å². The Hall–Kier alpha value is -3.20. The smallest absolute Gasteiger partial charge is 0.247 e. The maximum Gasteiger partial charge on any atom is 0.247 e. The summed E-state index contributed by atoms with van der Waals surface area (Å²) in [6, 6.07) is 22.2. The molecule has 0 aromatic heterocycles. The number of nitrogens with zero attached hydrogens (tertiary/aromatic N) is 1. The Morgan fingerprint density at radius 2 is 1.57 bits per heavy atom. The van der Waals surface area contributed by atoms with Crippen LogP contribution in [0.5, 0.6) is 0 Å². The van der Waals surface area contributed by atoms with E-state index in [-0.39, 0.29) is 35.7 Å². The van der Waals surface area contributed by atoms with Gasteiger partial charge in [0, 0.05) is 31.1 Å². The molecule has 0 unspecified atom stereocenters. The fraction of sp³-hybridized carbons (Fsp3) is 0.286. The molecule has 3 aromatic carbocycles. The van der Waals surface area contributed by atoms with E-state index < -0.39 is 16.1 Å². The predicted octanol–water partition coefficient (Wildman–Crippen LogP) is 4.23. The van der Waals surface area contributed by atoms with Gasteiger partial charge in [-0.15, -0.1) is 0 Å². The summed E-state index contributed by atoms with van der Waals surface area (Å²) >= 11 is 6.04. The Morgan fingerprint density at radius 1 is 0.946 bits per heavy atom. The molecule has 1 saturated carbocycles. The van der Waals surface area contributed by atoms with Gasteiger partial charge in [-0.1, -0.05) is 66.2 Å². The number of aryl methyl sites for hydroxylation is 1. The van der Waals surface area contributed by atoms with Crippen molar-refractivity contribution in [3.63, 3.8) is 0 Å². The normalized spacial score (nSPS) is 14.1. The molecule has 1 atom stereocenters. The number of carbonyl (C=O) groups excluding carboxylic acids is 2. The number of nitrogens with one attached hydrogen (secondary N) is 2. The maximum absolute atomic E-state index is 13.6. The summed E-state index contributed by atoms with van der Waals surface area (Å²) in [5.41, 5.74) is 2.39. The zero-order valence-electron chi connectivity index (χ0n) is 20.6. The highest BCUT2D eigenvalue weighted by Crippen LogP contribution is 2.26. The lowest BCUT2D eigenvalue weighted by atomic mass is 10.0. The summed E-state index contributed by atoms with van der Waals surface area (Å²) in [4.78, 5) is 28.4. The van der Waals surface area contributed by atoms with Crippen LogP contribution in [-0.4, -0.2) is 38.2 Å². The van der Waals surface area contributed by atoms with Crippen LogP contribution < -0.4 is 10.0 Å². The largest absolute Gasteiger partial charge is 0.357 e. The van der Waals surface area contributed by atoms with Crippen LogP contribution in [0.4, 0.5) is 0 Å². The summed E-state index contributed by atoms with van der Waals surface area (Å²) in [5, 5.41) is 3.28. The molecule has 0 radical (unpaired) electrons. The molecule has 2 amide bonds. The Labute approximate surface area is 222 Å². The first-order valence-corrected chi connectivity index (χ1v) is 14.0. The molecule has 0 spiro atoms. The lowest BCUT2D eigenvalue weighted by Gasteiger charge is -2.31. The minimum atomic E-state index is -3.53. The number of amides is 2. The van der Waals surface area contributed by atoms with E-state index in [4.69, 9.17) is 11.6 Å². The van der Waals surface area contributed by atoms with Crippen LogP contribution in [-0.2, 0) is 32.6 Å². The van der Waals surface area contributed by atoms with Gasteiger partial charge in [0.15, 0.2) is 0 Å². The van der Waals surface area contributed by atoms with Crippen molar-refractivity contribution in [1.29, 1.82) is 0 Å². The Morgan fingerprint density at radius 3 is 2.16 bits per heavy atom. The molecule has 2 N–H and O–H groups in total. The monoisotopic (exact) mass is 539 g/mol. The lowest BCUT2D eigenvalue weighted by molar-refractivity contribution is -0.141. The van der Waals surface area contributed by atoms with Crippen molar-refractivity contribution in [2.45, 2.75) is 49.2 Å². The van der Waals surface area contributed by atoms with Crippen LogP contribution in [0.3, 0.4) is 0 Å². The third-order valence-corrected chi connectivity index (χ3v) is 8.06. The molecule has 1 aliphatic carbocycles. The summed E-state index contributed by atoms with van der Waals surface area (Å²) in [6.45, 7) is 0.229. The number of carbonyl (C=O) groups is 2. The van der Waals surface area contributed by atoms with Gasteiger partial charge in [-0.3, -0.25) is 9.59 Å². The Balaban J connectivity index is 1.53. The van der Waals surface area contributed by atoms with Crippen LogP contribution in [0.2, 0.25) is 5.02 Å². The van der Waals surface area contributed by atoms with Crippen LogP contribution in [0.15, 0.2) is 83.8 Å². The second-order valence-electron chi connectivity index (χ2n) is 9.12. The second kappa shape index (κ2) is 11.9. The molecule has 3 aromatic rings. The predicted molar refractivity (Wildman–Crippen MR) is 143 cm³/mol. The summed E-state index contributed by atoms with van der Waals surface area (Å²) in [6.07, 6.45) is 2.29. The highest BCUT2D eigenvalue weighted by atomic mass is 35.5. The number of hydrogen-bond donors (Lipinski definition) is 2. The summed E-state index contributed by atoms with van der Waals surface area (Å²) < 4.78 is 27.5. The summed E-state index contributed by atoms with van der Waals surface area (Å²) in [7, 11) is -1.98. The summed E-state index contributed by atoms with van der Waals surface area (Å²) in [5.74, 6) is -0.481. The molecule has 0 saturated heterocycles. The van der Waals surface area contributed by atoms with Crippen LogP contribution >= 0.6 is 11.6 Å². The van der Waals surface area contributed by atoms with Crippen LogP contribution in [0.25, 0.3) is 0 Å². The second-order valence-corrected chi connectivity index (χ2v) is 11.3. The number of halogens is 1. The third-order valence-electron chi connectivity index (χ3n) is 6.27. The van der Waals surface area contributed by atoms with Crippen molar-refractivity contribution in [1.82, 2.24) is 14.9 Å².